The zero-order valence-corrected chi connectivity index (χ0v) is 22.1. The number of aromatic carboxylic acids is 1. The molecule has 8 heteroatoms. The number of halogens is 1. The van der Waals surface area contributed by atoms with E-state index in [2.05, 4.69) is 5.32 Å². The van der Waals surface area contributed by atoms with Crippen LogP contribution in [0.5, 0.6) is 0 Å². The van der Waals surface area contributed by atoms with E-state index in [9.17, 15) is 23.4 Å². The van der Waals surface area contributed by atoms with E-state index in [0.29, 0.717) is 29.2 Å². The Morgan fingerprint density at radius 2 is 1.53 bits per heavy atom. The number of sulfone groups is 1. The highest BCUT2D eigenvalue weighted by Crippen LogP contribution is 2.27. The normalized spacial score (nSPS) is 12.3. The van der Waals surface area contributed by atoms with Crippen molar-refractivity contribution < 1.29 is 23.4 Å². The minimum atomic E-state index is -3.75. The highest BCUT2D eigenvalue weighted by atomic mass is 35.5. The van der Waals surface area contributed by atoms with Gasteiger partial charge >= 0.3 is 5.97 Å². The predicted molar refractivity (Wildman–Crippen MR) is 148 cm³/mol. The molecular weight excluding hydrogens is 522 g/mol. The minimum absolute atomic E-state index is 0.138. The van der Waals surface area contributed by atoms with Crippen LogP contribution in [0.3, 0.4) is 0 Å². The summed E-state index contributed by atoms with van der Waals surface area (Å²) in [5, 5.41) is 23.4. The van der Waals surface area contributed by atoms with Crippen molar-refractivity contribution in [1.82, 2.24) is 5.32 Å². The van der Waals surface area contributed by atoms with Gasteiger partial charge in [-0.3, -0.25) is 0 Å². The molecule has 0 aliphatic carbocycles. The Labute approximate surface area is 227 Å². The van der Waals surface area contributed by atoms with Gasteiger partial charge in [-0.1, -0.05) is 60.1 Å². The number of benzene rings is 4. The van der Waals surface area contributed by atoms with Crippen molar-refractivity contribution in [2.75, 3.05) is 13.1 Å². The first kappa shape index (κ1) is 27.5. The first-order valence-corrected chi connectivity index (χ1v) is 14.0. The molecule has 0 heterocycles. The van der Waals surface area contributed by atoms with Gasteiger partial charge in [0.2, 0.25) is 9.84 Å². The van der Waals surface area contributed by atoms with Gasteiger partial charge in [-0.2, -0.15) is 0 Å². The topological polar surface area (TPSA) is 104 Å². The lowest BCUT2D eigenvalue weighted by Gasteiger charge is -2.12. The zero-order chi connectivity index (χ0) is 27.1. The van der Waals surface area contributed by atoms with Crippen LogP contribution in [0.25, 0.3) is 11.1 Å². The van der Waals surface area contributed by atoms with Crippen molar-refractivity contribution in [2.45, 2.75) is 28.7 Å². The second-order valence-electron chi connectivity index (χ2n) is 8.94. The van der Waals surface area contributed by atoms with Crippen LogP contribution < -0.4 is 5.32 Å². The lowest BCUT2D eigenvalue weighted by atomic mass is 10.0. The van der Waals surface area contributed by atoms with Gasteiger partial charge in [0.05, 0.1) is 21.5 Å². The molecule has 0 amide bonds. The van der Waals surface area contributed by atoms with Crippen molar-refractivity contribution >= 4 is 27.4 Å². The Kier molecular flexibility index (Phi) is 8.97. The van der Waals surface area contributed by atoms with E-state index in [-0.39, 0.29) is 15.4 Å². The molecule has 0 aromatic heterocycles. The van der Waals surface area contributed by atoms with Crippen LogP contribution in [0.2, 0.25) is 5.02 Å². The van der Waals surface area contributed by atoms with Gasteiger partial charge in [-0.25, -0.2) is 13.2 Å². The molecule has 4 aromatic carbocycles. The number of hydrogen-bond donors (Lipinski definition) is 3. The van der Waals surface area contributed by atoms with E-state index in [0.717, 1.165) is 24.0 Å². The van der Waals surface area contributed by atoms with E-state index in [4.69, 9.17) is 11.6 Å². The number of aryl methyl sites for hydroxylation is 1. The number of nitrogens with one attached hydrogen (secondary N) is 1. The van der Waals surface area contributed by atoms with Crippen LogP contribution >= 0.6 is 11.6 Å². The summed E-state index contributed by atoms with van der Waals surface area (Å²) < 4.78 is 26.5. The lowest BCUT2D eigenvalue weighted by Crippen LogP contribution is -2.22. The van der Waals surface area contributed by atoms with Crippen molar-refractivity contribution in [3.63, 3.8) is 0 Å². The third-order valence-corrected chi connectivity index (χ3v) is 8.21. The molecule has 3 N–H and O–H groups in total. The zero-order valence-electron chi connectivity index (χ0n) is 20.5. The van der Waals surface area contributed by atoms with E-state index in [1.165, 1.54) is 18.2 Å². The fourth-order valence-corrected chi connectivity index (χ4v) is 5.64. The maximum absolute atomic E-state index is 13.3. The number of hydrogen-bond acceptors (Lipinski definition) is 5. The Hall–Kier alpha value is -3.49. The summed E-state index contributed by atoms with van der Waals surface area (Å²) in [7, 11) is -3.75. The molecule has 1 atom stereocenters. The van der Waals surface area contributed by atoms with Crippen LogP contribution in [-0.4, -0.2) is 37.7 Å². The standard InChI is InChI=1S/C30H28ClNO5S/c31-26-10-2-8-24(18-26)29(33)20-32-16-4-5-21-12-14-27(15-13-21)38(36,37)28-11-3-7-23(19-28)22-6-1-9-25(17-22)30(34)35/h1-3,6-15,17-19,29,32-33H,4-5,16,20H2,(H,34,35)/t29-/m0/s1. The largest absolute Gasteiger partial charge is 0.478 e. The average Bonchev–Trinajstić information content (AvgIpc) is 2.93. The molecule has 0 saturated heterocycles. The number of carbonyl (C=O) groups is 1. The molecule has 6 nitrogen and oxygen atoms in total. The molecule has 0 radical (unpaired) electrons. The molecule has 0 fully saturated rings. The highest BCUT2D eigenvalue weighted by molar-refractivity contribution is 7.91. The van der Waals surface area contributed by atoms with Gasteiger partial charge in [0, 0.05) is 11.6 Å². The molecule has 38 heavy (non-hydrogen) atoms. The summed E-state index contributed by atoms with van der Waals surface area (Å²) in [6.45, 7) is 1.12. The Bertz CT molecular complexity index is 1520. The first-order chi connectivity index (χ1) is 18.2. The van der Waals surface area contributed by atoms with Gasteiger partial charge in [0.15, 0.2) is 0 Å². The van der Waals surface area contributed by atoms with Gasteiger partial charge < -0.3 is 15.5 Å². The molecule has 0 saturated carbocycles. The SMILES string of the molecule is O=C(O)c1cccc(-c2cccc(S(=O)(=O)c3ccc(CCCNC[C@H](O)c4cccc(Cl)c4)cc3)c2)c1. The van der Waals surface area contributed by atoms with Gasteiger partial charge in [0.25, 0.3) is 0 Å². The maximum Gasteiger partial charge on any atom is 0.335 e. The molecule has 0 aliphatic heterocycles. The molecule has 0 spiro atoms. The van der Waals surface area contributed by atoms with Crippen molar-refractivity contribution in [2.24, 2.45) is 0 Å². The number of carboxylic acid groups (broad SMARTS) is 1. The number of aliphatic hydroxyl groups is 1. The van der Waals surface area contributed by atoms with Gasteiger partial charge in [-0.05, 0) is 90.2 Å². The first-order valence-electron chi connectivity index (χ1n) is 12.2. The smallest absolute Gasteiger partial charge is 0.335 e. The van der Waals surface area contributed by atoms with Crippen molar-refractivity contribution in [1.29, 1.82) is 0 Å². The molecule has 4 aromatic rings. The van der Waals surface area contributed by atoms with E-state index >= 15 is 0 Å². The third-order valence-electron chi connectivity index (χ3n) is 6.21. The molecule has 196 valence electrons. The van der Waals surface area contributed by atoms with E-state index in [1.807, 2.05) is 24.3 Å². The summed E-state index contributed by atoms with van der Waals surface area (Å²) in [5.74, 6) is -1.04. The maximum atomic E-state index is 13.3. The number of rotatable bonds is 11. The highest BCUT2D eigenvalue weighted by Gasteiger charge is 2.18. The van der Waals surface area contributed by atoms with Crippen LogP contribution in [-0.2, 0) is 16.3 Å². The van der Waals surface area contributed by atoms with Crippen LogP contribution in [0.4, 0.5) is 0 Å². The van der Waals surface area contributed by atoms with Gasteiger partial charge in [0.1, 0.15) is 0 Å². The number of carboxylic acids is 1. The summed E-state index contributed by atoms with van der Waals surface area (Å²) >= 11 is 5.97. The molecule has 0 unspecified atom stereocenters. The van der Waals surface area contributed by atoms with Crippen molar-refractivity contribution in [3.05, 3.63) is 119 Å². The molecule has 4 rings (SSSR count). The van der Waals surface area contributed by atoms with Crippen molar-refractivity contribution in [3.8, 4) is 11.1 Å². The molecular formula is C30H28ClNO5S. The fraction of sp³-hybridized carbons (Fsp3) is 0.167. The van der Waals surface area contributed by atoms with Crippen LogP contribution in [0, 0.1) is 0 Å². The second-order valence-corrected chi connectivity index (χ2v) is 11.3. The van der Waals surface area contributed by atoms with E-state index in [1.54, 1.807) is 54.6 Å². The Morgan fingerprint density at radius 1 is 0.842 bits per heavy atom. The predicted octanol–water partition coefficient (Wildman–Crippen LogP) is 5.79. The molecule has 0 aliphatic rings. The summed E-state index contributed by atoms with van der Waals surface area (Å²) in [6, 6.07) is 26.9. The fourth-order valence-electron chi connectivity index (χ4n) is 4.13. The van der Waals surface area contributed by atoms with E-state index < -0.39 is 21.9 Å². The average molecular weight is 550 g/mol. The Balaban J connectivity index is 1.35. The van der Waals surface area contributed by atoms with Crippen LogP contribution in [0.15, 0.2) is 107 Å². The molecule has 0 bridgehead atoms. The minimum Gasteiger partial charge on any atom is -0.478 e. The summed E-state index contributed by atoms with van der Waals surface area (Å²) in [4.78, 5) is 11.6. The number of aliphatic hydroxyl groups excluding tert-OH is 1. The van der Waals surface area contributed by atoms with Gasteiger partial charge in [-0.15, -0.1) is 0 Å². The van der Waals surface area contributed by atoms with Crippen LogP contribution in [0.1, 0.15) is 34.0 Å². The second kappa shape index (κ2) is 12.4. The Morgan fingerprint density at radius 3 is 2.24 bits per heavy atom. The third kappa shape index (κ3) is 6.88. The summed E-state index contributed by atoms with van der Waals surface area (Å²) in [5.41, 5.74) is 3.17. The lowest BCUT2D eigenvalue weighted by molar-refractivity contribution is 0.0697. The quantitative estimate of drug-likeness (QED) is 0.204. The monoisotopic (exact) mass is 549 g/mol. The summed E-state index contributed by atoms with van der Waals surface area (Å²) in [6.07, 6.45) is 0.944.